The van der Waals surface area contributed by atoms with Gasteiger partial charge in [-0.2, -0.15) is 0 Å². The Bertz CT molecular complexity index is 4580. The maximum Gasteiger partial charge on any atom is 0.156 e. The van der Waals surface area contributed by atoms with Crippen LogP contribution in [0.25, 0.3) is 146 Å². The highest BCUT2D eigenvalue weighted by Crippen LogP contribution is 2.44. The third-order valence-electron chi connectivity index (χ3n) is 14.3. The molecule has 0 aliphatic heterocycles. The van der Waals surface area contributed by atoms with Crippen molar-refractivity contribution >= 4 is 113 Å². The highest BCUT2D eigenvalue weighted by molar-refractivity contribution is 7.26. The minimum Gasteiger partial charge on any atom is -0.291 e. The Hall–Kier alpha value is -8.70. The Balaban J connectivity index is 0.854. The maximum absolute atomic E-state index is 5.47. The predicted octanol–water partition coefficient (Wildman–Crippen LogP) is 17.8. The number of rotatable bonds is 4. The number of pyridine rings is 2. The van der Waals surface area contributed by atoms with E-state index in [0.717, 1.165) is 38.8 Å². The van der Waals surface area contributed by atoms with Crippen LogP contribution in [0.4, 0.5) is 0 Å². The van der Waals surface area contributed by atoms with Gasteiger partial charge < -0.3 is 0 Å². The summed E-state index contributed by atoms with van der Waals surface area (Å²) in [4.78, 5) is 10.2. The van der Waals surface area contributed by atoms with Crippen LogP contribution in [0.5, 0.6) is 0 Å². The van der Waals surface area contributed by atoms with Gasteiger partial charge in [-0.1, -0.05) is 170 Å². The molecule has 0 N–H and O–H groups in total. The Labute approximate surface area is 394 Å². The predicted molar refractivity (Wildman–Crippen MR) is 290 cm³/mol. The van der Waals surface area contributed by atoms with Crippen molar-refractivity contribution in [3.05, 3.63) is 225 Å². The first-order valence-electron chi connectivity index (χ1n) is 23.2. The van der Waals surface area contributed by atoms with Crippen LogP contribution in [0.2, 0.25) is 0 Å². The smallest absolute Gasteiger partial charge is 0.156 e. The molecule has 0 saturated heterocycles. The lowest BCUT2D eigenvalue weighted by Crippen LogP contribution is -1.93. The summed E-state index contributed by atoms with van der Waals surface area (Å²) in [6.45, 7) is 0. The quantitative estimate of drug-likeness (QED) is 0.130. The Morgan fingerprint density at radius 2 is 0.912 bits per heavy atom. The number of hydrogen-bond donors (Lipinski definition) is 0. The lowest BCUT2D eigenvalue weighted by Gasteiger charge is -2.14. The van der Waals surface area contributed by atoms with Crippen LogP contribution in [0.15, 0.2) is 225 Å². The number of imidazole rings is 1. The molecule has 314 valence electrons. The zero-order valence-electron chi connectivity index (χ0n) is 36.6. The first-order chi connectivity index (χ1) is 33.7. The summed E-state index contributed by atoms with van der Waals surface area (Å²) >= 11 is 1.85. The zero-order chi connectivity index (χ0) is 44.5. The molecular weight excluding hydrogens is 843 g/mol. The molecule has 0 aliphatic carbocycles. The van der Waals surface area contributed by atoms with E-state index in [1.807, 2.05) is 23.6 Å². The molecule has 15 rings (SSSR count). The van der Waals surface area contributed by atoms with Crippen LogP contribution in [-0.2, 0) is 0 Å². The normalized spacial score (nSPS) is 12.1. The molecular formula is C64H37N3S. The average Bonchev–Trinajstić information content (AvgIpc) is 3.95. The molecule has 4 heterocycles. The molecule has 0 unspecified atom stereocenters. The van der Waals surface area contributed by atoms with E-state index in [9.17, 15) is 0 Å². The van der Waals surface area contributed by atoms with Crippen LogP contribution < -0.4 is 0 Å². The van der Waals surface area contributed by atoms with Gasteiger partial charge in [0.1, 0.15) is 0 Å². The molecule has 0 bridgehead atoms. The zero-order valence-corrected chi connectivity index (χ0v) is 37.4. The summed E-state index contributed by atoms with van der Waals surface area (Å²) in [5.74, 6) is 0. The van der Waals surface area contributed by atoms with Gasteiger partial charge >= 0.3 is 0 Å². The van der Waals surface area contributed by atoms with Crippen molar-refractivity contribution in [2.45, 2.75) is 0 Å². The summed E-state index contributed by atoms with van der Waals surface area (Å²) < 4.78 is 4.90. The number of benzene rings is 11. The van der Waals surface area contributed by atoms with Gasteiger partial charge in [0.25, 0.3) is 0 Å². The number of aromatic nitrogens is 3. The van der Waals surface area contributed by atoms with Gasteiger partial charge in [0.2, 0.25) is 0 Å². The van der Waals surface area contributed by atoms with Gasteiger partial charge in [0.15, 0.2) is 5.65 Å². The molecule has 0 fully saturated rings. The topological polar surface area (TPSA) is 30.2 Å². The fraction of sp³-hybridized carbons (Fsp3) is 0. The van der Waals surface area contributed by atoms with E-state index < -0.39 is 0 Å². The SMILES string of the molecule is c1ccc2cc3cc4c(cc3cc2c1)nc1c2sc3cc5ccccc5cc3c2cc(-c2ccc(-c3ccc(-c5ccc(-c6cccc7c6ccc6cccnc67)cc5)c5ccccc35)cc2)n41. The van der Waals surface area contributed by atoms with Gasteiger partial charge in [-0.25, -0.2) is 4.98 Å². The Morgan fingerprint density at radius 3 is 1.60 bits per heavy atom. The Morgan fingerprint density at radius 1 is 0.353 bits per heavy atom. The molecule has 4 aromatic heterocycles. The fourth-order valence-electron chi connectivity index (χ4n) is 11.0. The van der Waals surface area contributed by atoms with Crippen molar-refractivity contribution in [2.75, 3.05) is 0 Å². The molecule has 0 amide bonds. The highest BCUT2D eigenvalue weighted by Gasteiger charge is 2.20. The lowest BCUT2D eigenvalue weighted by atomic mass is 9.90. The van der Waals surface area contributed by atoms with Crippen LogP contribution in [-0.4, -0.2) is 14.4 Å². The number of fused-ring (bicyclic) bond motifs is 14. The summed E-state index contributed by atoms with van der Waals surface area (Å²) in [7, 11) is 0. The van der Waals surface area contributed by atoms with Gasteiger partial charge in [-0.05, 0) is 136 Å². The molecule has 0 aliphatic rings. The first kappa shape index (κ1) is 37.5. The maximum atomic E-state index is 5.47. The second-order valence-electron chi connectivity index (χ2n) is 18.1. The molecule has 0 spiro atoms. The van der Waals surface area contributed by atoms with Crippen LogP contribution >= 0.6 is 11.3 Å². The minimum absolute atomic E-state index is 0.999. The van der Waals surface area contributed by atoms with Crippen molar-refractivity contribution in [3.63, 3.8) is 0 Å². The van der Waals surface area contributed by atoms with Crippen LogP contribution in [0.1, 0.15) is 0 Å². The summed E-state index contributed by atoms with van der Waals surface area (Å²) in [6.07, 6.45) is 1.88. The van der Waals surface area contributed by atoms with E-state index in [4.69, 9.17) is 9.97 Å². The number of thiophene rings is 1. The molecule has 4 heteroatoms. The van der Waals surface area contributed by atoms with Crippen molar-refractivity contribution in [3.8, 4) is 44.6 Å². The van der Waals surface area contributed by atoms with Gasteiger partial charge in [0, 0.05) is 32.4 Å². The molecule has 0 saturated carbocycles. The van der Waals surface area contributed by atoms with Crippen LogP contribution in [0.3, 0.4) is 0 Å². The van der Waals surface area contributed by atoms with E-state index in [1.54, 1.807) is 0 Å². The fourth-order valence-corrected chi connectivity index (χ4v) is 12.2. The lowest BCUT2D eigenvalue weighted by molar-refractivity contribution is 1.25. The van der Waals surface area contributed by atoms with Gasteiger partial charge in [-0.3, -0.25) is 9.38 Å². The van der Waals surface area contributed by atoms with Gasteiger partial charge in [-0.15, -0.1) is 11.3 Å². The largest absolute Gasteiger partial charge is 0.291 e. The molecule has 3 nitrogen and oxygen atoms in total. The molecule has 0 atom stereocenters. The summed E-state index contributed by atoms with van der Waals surface area (Å²) in [5.41, 5.74) is 13.7. The van der Waals surface area contributed by atoms with E-state index >= 15 is 0 Å². The van der Waals surface area contributed by atoms with E-state index in [-0.39, 0.29) is 0 Å². The summed E-state index contributed by atoms with van der Waals surface area (Å²) in [6, 6.07) is 80.4. The minimum atomic E-state index is 0.999. The molecule has 0 radical (unpaired) electrons. The highest BCUT2D eigenvalue weighted by atomic mass is 32.1. The second kappa shape index (κ2) is 14.4. The van der Waals surface area contributed by atoms with E-state index in [0.29, 0.717) is 0 Å². The Kier molecular flexibility index (Phi) is 7.94. The van der Waals surface area contributed by atoms with Crippen LogP contribution in [0, 0.1) is 0 Å². The second-order valence-corrected chi connectivity index (χ2v) is 19.2. The van der Waals surface area contributed by atoms with E-state index in [1.165, 1.54) is 107 Å². The summed E-state index contributed by atoms with van der Waals surface area (Å²) in [5, 5.41) is 15.9. The average molecular weight is 880 g/mol. The molecule has 68 heavy (non-hydrogen) atoms. The van der Waals surface area contributed by atoms with Gasteiger partial charge in [0.05, 0.1) is 26.9 Å². The number of hydrogen-bond acceptors (Lipinski definition) is 3. The molecule has 15 aromatic rings. The third-order valence-corrected chi connectivity index (χ3v) is 15.5. The number of nitrogens with zero attached hydrogens (tertiary/aromatic N) is 3. The monoisotopic (exact) mass is 879 g/mol. The standard InChI is InChI=1S/C64H37N3S/c1-2-10-44-32-48-35-60-58(34-47(48)31-43(44)9-1)66-64-63-57(56-33-45-11-3-4-12-46(45)36-61(56)68-63)37-59(67(60)64)41-24-22-40(23-25-41)51-29-28-50(52-14-5-6-15-53(51)52)39-20-18-38(19-21-39)49-16-7-17-55-54(49)27-26-42-13-8-30-65-62(42)55/h1-37H. The third kappa shape index (κ3) is 5.65. The van der Waals surface area contributed by atoms with Crippen molar-refractivity contribution in [1.29, 1.82) is 0 Å². The van der Waals surface area contributed by atoms with Crippen molar-refractivity contribution in [2.24, 2.45) is 0 Å². The van der Waals surface area contributed by atoms with Crippen molar-refractivity contribution < 1.29 is 0 Å². The first-order valence-corrected chi connectivity index (χ1v) is 24.0. The van der Waals surface area contributed by atoms with Crippen molar-refractivity contribution in [1.82, 2.24) is 14.4 Å². The van der Waals surface area contributed by atoms with E-state index in [2.05, 4.69) is 217 Å². The molecule has 11 aromatic carbocycles.